The fourth-order valence-corrected chi connectivity index (χ4v) is 3.55. The van der Waals surface area contributed by atoms with Crippen LogP contribution >= 0.6 is 21.6 Å². The molecule has 0 aromatic carbocycles. The number of nitrogens with one attached hydrogen (secondary N) is 3. The Hall–Kier alpha value is -0.840. The van der Waals surface area contributed by atoms with Gasteiger partial charge in [-0.2, -0.15) is 0 Å². The van der Waals surface area contributed by atoms with Gasteiger partial charge < -0.3 is 16.0 Å². The van der Waals surface area contributed by atoms with E-state index in [4.69, 9.17) is 0 Å². The Morgan fingerprint density at radius 2 is 1.44 bits per heavy atom. The van der Waals surface area contributed by atoms with Crippen molar-refractivity contribution in [1.29, 1.82) is 0 Å². The molecule has 0 aliphatic carbocycles. The fourth-order valence-electron chi connectivity index (χ4n) is 1.66. The SMILES string of the molecule is CC.CC.CC#CCNC(=O)CCSSCCNC(=O)CCCCCNC. The lowest BCUT2D eigenvalue weighted by atomic mass is 10.2. The molecule has 7 heteroatoms. The van der Waals surface area contributed by atoms with Crippen molar-refractivity contribution in [3.05, 3.63) is 0 Å². The summed E-state index contributed by atoms with van der Waals surface area (Å²) in [6.45, 7) is 11.9. The molecule has 2 amide bonds. The van der Waals surface area contributed by atoms with Gasteiger partial charge in [-0.15, -0.1) is 5.92 Å². The molecule has 0 aliphatic rings. The van der Waals surface area contributed by atoms with Crippen LogP contribution in [0.4, 0.5) is 0 Å². The lowest BCUT2D eigenvalue weighted by Crippen LogP contribution is -2.25. The van der Waals surface area contributed by atoms with Gasteiger partial charge >= 0.3 is 0 Å². The molecular weight excluding hydrogens is 378 g/mol. The highest BCUT2D eigenvalue weighted by Gasteiger charge is 2.02. The van der Waals surface area contributed by atoms with Gasteiger partial charge in [0, 0.05) is 30.9 Å². The van der Waals surface area contributed by atoms with Crippen molar-refractivity contribution in [3.63, 3.8) is 0 Å². The van der Waals surface area contributed by atoms with Crippen molar-refractivity contribution in [2.45, 2.75) is 66.7 Å². The predicted molar refractivity (Wildman–Crippen MR) is 124 cm³/mol. The van der Waals surface area contributed by atoms with E-state index in [1.54, 1.807) is 28.5 Å². The van der Waals surface area contributed by atoms with Crippen LogP contribution in [0.5, 0.6) is 0 Å². The molecule has 5 nitrogen and oxygen atoms in total. The van der Waals surface area contributed by atoms with Gasteiger partial charge in [0.2, 0.25) is 11.8 Å². The maximum absolute atomic E-state index is 11.6. The smallest absolute Gasteiger partial charge is 0.221 e. The van der Waals surface area contributed by atoms with Crippen molar-refractivity contribution < 1.29 is 9.59 Å². The Bertz CT molecular complexity index is 383. The van der Waals surface area contributed by atoms with Crippen molar-refractivity contribution in [2.24, 2.45) is 0 Å². The Morgan fingerprint density at radius 3 is 2.07 bits per heavy atom. The lowest BCUT2D eigenvalue weighted by Gasteiger charge is -2.05. The van der Waals surface area contributed by atoms with Gasteiger partial charge in [0.25, 0.3) is 0 Å². The normalized spacial score (nSPS) is 8.81. The first-order valence-corrected chi connectivity index (χ1v) is 12.5. The molecular formula is C20H41N3O2S2. The van der Waals surface area contributed by atoms with Crippen molar-refractivity contribution in [2.75, 3.05) is 38.2 Å². The number of carbonyl (C=O) groups excluding carboxylic acids is 2. The van der Waals surface area contributed by atoms with Crippen molar-refractivity contribution in [1.82, 2.24) is 16.0 Å². The van der Waals surface area contributed by atoms with Crippen LogP contribution in [0.25, 0.3) is 0 Å². The summed E-state index contributed by atoms with van der Waals surface area (Å²) >= 11 is 0. The summed E-state index contributed by atoms with van der Waals surface area (Å²) in [4.78, 5) is 23.0. The van der Waals surface area contributed by atoms with E-state index >= 15 is 0 Å². The molecule has 0 unspecified atom stereocenters. The molecule has 0 bridgehead atoms. The van der Waals surface area contributed by atoms with Gasteiger partial charge in [0.1, 0.15) is 0 Å². The maximum atomic E-state index is 11.6. The summed E-state index contributed by atoms with van der Waals surface area (Å²) in [6, 6.07) is 0. The third-order valence-corrected chi connectivity index (χ3v) is 5.29. The summed E-state index contributed by atoms with van der Waals surface area (Å²) in [5, 5.41) is 8.76. The third-order valence-electron chi connectivity index (χ3n) is 2.88. The second-order valence-electron chi connectivity index (χ2n) is 4.86. The zero-order valence-corrected chi connectivity index (χ0v) is 19.8. The summed E-state index contributed by atoms with van der Waals surface area (Å²) in [5.74, 6) is 7.33. The molecule has 3 N–H and O–H groups in total. The van der Waals surface area contributed by atoms with Crippen molar-refractivity contribution >= 4 is 33.4 Å². The quantitative estimate of drug-likeness (QED) is 0.227. The second kappa shape index (κ2) is 29.9. The van der Waals surface area contributed by atoms with Gasteiger partial charge in [0.05, 0.1) is 6.54 Å². The summed E-state index contributed by atoms with van der Waals surface area (Å²) in [5.41, 5.74) is 0. The highest BCUT2D eigenvalue weighted by molar-refractivity contribution is 8.76. The molecule has 0 aromatic rings. The van der Waals surface area contributed by atoms with Gasteiger partial charge in [-0.05, 0) is 33.4 Å². The number of hydrogen-bond donors (Lipinski definition) is 3. The zero-order valence-electron chi connectivity index (χ0n) is 18.2. The maximum Gasteiger partial charge on any atom is 0.221 e. The molecule has 0 atom stereocenters. The fraction of sp³-hybridized carbons (Fsp3) is 0.800. The zero-order chi connectivity index (χ0) is 21.2. The summed E-state index contributed by atoms with van der Waals surface area (Å²) in [7, 11) is 5.29. The number of carbonyl (C=O) groups is 2. The van der Waals surface area contributed by atoms with Crippen LogP contribution in [0.1, 0.15) is 66.7 Å². The second-order valence-corrected chi connectivity index (χ2v) is 7.56. The van der Waals surface area contributed by atoms with E-state index in [1.807, 2.05) is 34.7 Å². The minimum Gasteiger partial charge on any atom is -0.355 e. The standard InChI is InChI=1S/C16H29N3O2S2.2C2H6/c1-3-4-11-18-16(21)9-13-22-23-14-12-19-15(20)8-6-5-7-10-17-2;2*1-2/h17H,5-14H2,1-2H3,(H,18,21)(H,19,20);2*1-2H3. The van der Waals surface area contributed by atoms with Crippen LogP contribution in [0.15, 0.2) is 0 Å². The number of amides is 2. The Balaban J connectivity index is -0.00000134. The minimum atomic E-state index is 0.0347. The molecule has 0 saturated heterocycles. The van der Waals surface area contributed by atoms with E-state index in [9.17, 15) is 9.59 Å². The first kappa shape index (κ1) is 30.9. The average molecular weight is 420 g/mol. The first-order valence-electron chi connectivity index (χ1n) is 10.0. The number of hydrogen-bond acceptors (Lipinski definition) is 5. The molecule has 0 saturated carbocycles. The molecule has 160 valence electrons. The highest BCUT2D eigenvalue weighted by Crippen LogP contribution is 2.20. The van der Waals surface area contributed by atoms with E-state index in [0.29, 0.717) is 25.9 Å². The monoisotopic (exact) mass is 419 g/mol. The third kappa shape index (κ3) is 30.1. The highest BCUT2D eigenvalue weighted by atomic mass is 33.1. The van der Waals surface area contributed by atoms with Gasteiger partial charge in [0.15, 0.2) is 0 Å². The van der Waals surface area contributed by atoms with Crippen molar-refractivity contribution in [3.8, 4) is 11.8 Å². The van der Waals surface area contributed by atoms with Crippen LogP contribution in [0.3, 0.4) is 0 Å². The topological polar surface area (TPSA) is 70.2 Å². The van der Waals surface area contributed by atoms with Crippen LogP contribution in [-0.4, -0.2) is 50.0 Å². The lowest BCUT2D eigenvalue weighted by molar-refractivity contribution is -0.121. The Labute approximate surface area is 175 Å². The van der Waals surface area contributed by atoms with Gasteiger partial charge in [-0.25, -0.2) is 0 Å². The van der Waals surface area contributed by atoms with E-state index in [1.165, 1.54) is 0 Å². The molecule has 0 heterocycles. The van der Waals surface area contributed by atoms with E-state index in [2.05, 4.69) is 27.8 Å². The minimum absolute atomic E-state index is 0.0347. The van der Waals surface area contributed by atoms with Crippen LogP contribution < -0.4 is 16.0 Å². The molecule has 0 radical (unpaired) electrons. The molecule has 0 aliphatic heterocycles. The number of rotatable bonds is 14. The molecule has 0 fully saturated rings. The Morgan fingerprint density at radius 1 is 0.815 bits per heavy atom. The first-order chi connectivity index (χ1) is 13.2. The molecule has 27 heavy (non-hydrogen) atoms. The molecule has 0 spiro atoms. The van der Waals surface area contributed by atoms with E-state index in [-0.39, 0.29) is 11.8 Å². The molecule has 0 rings (SSSR count). The Kier molecular flexibility index (Phi) is 34.2. The van der Waals surface area contributed by atoms with Crippen LogP contribution in [0, 0.1) is 11.8 Å². The predicted octanol–water partition coefficient (Wildman–Crippen LogP) is 3.85. The summed E-state index contributed by atoms with van der Waals surface area (Å²) in [6.07, 6.45) is 4.27. The number of unbranched alkanes of at least 4 members (excludes halogenated alkanes) is 2. The molecule has 0 aromatic heterocycles. The largest absolute Gasteiger partial charge is 0.355 e. The van der Waals surface area contributed by atoms with E-state index in [0.717, 1.165) is 37.3 Å². The van der Waals surface area contributed by atoms with Gasteiger partial charge in [-0.3, -0.25) is 9.59 Å². The van der Waals surface area contributed by atoms with E-state index < -0.39 is 0 Å². The van der Waals surface area contributed by atoms with Gasteiger partial charge in [-0.1, -0.05) is 61.6 Å². The average Bonchev–Trinajstić information content (AvgIpc) is 2.70. The van der Waals surface area contributed by atoms with Crippen LogP contribution in [0.2, 0.25) is 0 Å². The van der Waals surface area contributed by atoms with Crippen LogP contribution in [-0.2, 0) is 9.59 Å². The summed E-state index contributed by atoms with van der Waals surface area (Å²) < 4.78 is 0.